The van der Waals surface area contributed by atoms with Crippen LogP contribution in [0.25, 0.3) is 0 Å². The van der Waals surface area contributed by atoms with Crippen LogP contribution >= 0.6 is 11.6 Å². The number of hydrogen-bond donors (Lipinski definition) is 1. The molecule has 0 unspecified atom stereocenters. The fourth-order valence-corrected chi connectivity index (χ4v) is 1.68. The zero-order valence-electron chi connectivity index (χ0n) is 7.27. The molecular weight excluding hydrogens is 206 g/mol. The maximum atomic E-state index is 10.7. The Kier molecular flexibility index (Phi) is 2.25. The molecule has 2 rings (SSSR count). The number of rotatable bonds is 0. The van der Waals surface area contributed by atoms with Gasteiger partial charge in [0.05, 0.1) is 12.2 Å². The van der Waals surface area contributed by atoms with Crippen LogP contribution in [-0.4, -0.2) is 32.6 Å². The molecule has 0 aliphatic carbocycles. The van der Waals surface area contributed by atoms with E-state index in [-0.39, 0.29) is 6.54 Å². The molecule has 14 heavy (non-hydrogen) atoms. The number of carboxylic acid groups (broad SMARTS) is 1. The molecule has 0 bridgehead atoms. The van der Waals surface area contributed by atoms with E-state index in [9.17, 15) is 4.79 Å². The summed E-state index contributed by atoms with van der Waals surface area (Å²) in [6.07, 6.45) is 1.07. The standard InChI is InChI=1S/C8H8ClN3O2/c9-7-5-3-12(8(13)14)2-1-6(5)10-4-11-7/h4H,1-3H2,(H,13,14). The van der Waals surface area contributed by atoms with Gasteiger partial charge in [-0.1, -0.05) is 11.6 Å². The van der Waals surface area contributed by atoms with Gasteiger partial charge in [0.2, 0.25) is 0 Å². The monoisotopic (exact) mass is 213 g/mol. The first kappa shape index (κ1) is 9.21. The average molecular weight is 214 g/mol. The summed E-state index contributed by atoms with van der Waals surface area (Å²) < 4.78 is 0. The van der Waals surface area contributed by atoms with Gasteiger partial charge in [-0.3, -0.25) is 0 Å². The molecule has 0 spiro atoms. The number of halogens is 1. The number of aromatic nitrogens is 2. The van der Waals surface area contributed by atoms with Gasteiger partial charge in [0, 0.05) is 18.5 Å². The van der Waals surface area contributed by atoms with Crippen LogP contribution < -0.4 is 0 Å². The minimum atomic E-state index is -0.935. The summed E-state index contributed by atoms with van der Waals surface area (Å²) >= 11 is 5.84. The Labute approximate surface area is 85.3 Å². The summed E-state index contributed by atoms with van der Waals surface area (Å²) in [6.45, 7) is 0.750. The van der Waals surface area contributed by atoms with Crippen LogP contribution in [0.4, 0.5) is 4.79 Å². The van der Waals surface area contributed by atoms with Crippen molar-refractivity contribution in [2.45, 2.75) is 13.0 Å². The van der Waals surface area contributed by atoms with Crippen molar-refractivity contribution in [2.75, 3.05) is 6.54 Å². The lowest BCUT2D eigenvalue weighted by atomic mass is 10.1. The Morgan fingerprint density at radius 1 is 1.57 bits per heavy atom. The highest BCUT2D eigenvalue weighted by molar-refractivity contribution is 6.30. The van der Waals surface area contributed by atoms with Crippen LogP contribution in [0.5, 0.6) is 0 Å². The van der Waals surface area contributed by atoms with Gasteiger partial charge in [-0.05, 0) is 0 Å². The Morgan fingerprint density at radius 3 is 3.07 bits per heavy atom. The first-order valence-corrected chi connectivity index (χ1v) is 4.52. The second-order valence-electron chi connectivity index (χ2n) is 3.04. The van der Waals surface area contributed by atoms with E-state index in [1.165, 1.54) is 11.2 Å². The zero-order valence-corrected chi connectivity index (χ0v) is 8.03. The molecule has 1 aliphatic heterocycles. The van der Waals surface area contributed by atoms with Gasteiger partial charge in [0.1, 0.15) is 11.5 Å². The molecule has 1 amide bonds. The summed E-state index contributed by atoms with van der Waals surface area (Å²) in [5.74, 6) is 0. The van der Waals surface area contributed by atoms with E-state index >= 15 is 0 Å². The normalized spacial score (nSPS) is 15.1. The lowest BCUT2D eigenvalue weighted by Crippen LogP contribution is -2.35. The van der Waals surface area contributed by atoms with Crippen LogP contribution in [0.15, 0.2) is 6.33 Å². The fraction of sp³-hybridized carbons (Fsp3) is 0.375. The van der Waals surface area contributed by atoms with Crippen LogP contribution in [0.3, 0.4) is 0 Å². The number of carbonyl (C=O) groups is 1. The lowest BCUT2D eigenvalue weighted by Gasteiger charge is -2.25. The van der Waals surface area contributed by atoms with Crippen molar-refractivity contribution in [3.63, 3.8) is 0 Å². The number of hydrogen-bond acceptors (Lipinski definition) is 3. The summed E-state index contributed by atoms with van der Waals surface area (Å²) in [5.41, 5.74) is 1.57. The molecule has 0 saturated heterocycles. The summed E-state index contributed by atoms with van der Waals surface area (Å²) in [4.78, 5) is 19.9. The summed E-state index contributed by atoms with van der Waals surface area (Å²) in [7, 11) is 0. The molecular formula is C8H8ClN3O2. The smallest absolute Gasteiger partial charge is 0.407 e. The van der Waals surface area contributed by atoms with Crippen molar-refractivity contribution < 1.29 is 9.90 Å². The molecule has 0 aromatic carbocycles. The Bertz CT molecular complexity index is 383. The SMILES string of the molecule is O=C(O)N1CCc2ncnc(Cl)c2C1. The van der Waals surface area contributed by atoms with Crippen molar-refractivity contribution in [1.29, 1.82) is 0 Å². The second kappa shape index (κ2) is 3.42. The maximum Gasteiger partial charge on any atom is 0.407 e. The molecule has 1 aromatic heterocycles. The predicted molar refractivity (Wildman–Crippen MR) is 49.2 cm³/mol. The minimum Gasteiger partial charge on any atom is -0.465 e. The molecule has 0 radical (unpaired) electrons. The topological polar surface area (TPSA) is 66.3 Å². The van der Waals surface area contributed by atoms with Gasteiger partial charge in [0.15, 0.2) is 0 Å². The molecule has 5 nitrogen and oxygen atoms in total. The van der Waals surface area contributed by atoms with E-state index in [2.05, 4.69) is 9.97 Å². The van der Waals surface area contributed by atoms with E-state index in [4.69, 9.17) is 16.7 Å². The third kappa shape index (κ3) is 1.50. The van der Waals surface area contributed by atoms with Crippen LogP contribution in [-0.2, 0) is 13.0 Å². The molecule has 6 heteroatoms. The third-order valence-corrected chi connectivity index (χ3v) is 2.55. The van der Waals surface area contributed by atoms with E-state index in [1.807, 2.05) is 0 Å². The van der Waals surface area contributed by atoms with Gasteiger partial charge in [0.25, 0.3) is 0 Å². The zero-order chi connectivity index (χ0) is 10.1. The number of amides is 1. The Morgan fingerprint density at radius 2 is 2.36 bits per heavy atom. The van der Waals surface area contributed by atoms with Gasteiger partial charge >= 0.3 is 6.09 Å². The van der Waals surface area contributed by atoms with Crippen LogP contribution in [0.2, 0.25) is 5.15 Å². The van der Waals surface area contributed by atoms with Gasteiger partial charge in [-0.15, -0.1) is 0 Å². The average Bonchev–Trinajstić information content (AvgIpc) is 2.18. The fourth-order valence-electron chi connectivity index (χ4n) is 1.47. The molecule has 0 saturated carbocycles. The van der Waals surface area contributed by atoms with Gasteiger partial charge in [-0.2, -0.15) is 0 Å². The highest BCUT2D eigenvalue weighted by atomic mass is 35.5. The quantitative estimate of drug-likeness (QED) is 0.657. The van der Waals surface area contributed by atoms with E-state index in [0.29, 0.717) is 18.1 Å². The number of nitrogens with zero attached hydrogens (tertiary/aromatic N) is 3. The first-order valence-electron chi connectivity index (χ1n) is 4.14. The van der Waals surface area contributed by atoms with Crippen LogP contribution in [0.1, 0.15) is 11.3 Å². The van der Waals surface area contributed by atoms with Crippen molar-refractivity contribution >= 4 is 17.7 Å². The van der Waals surface area contributed by atoms with Crippen molar-refractivity contribution in [1.82, 2.24) is 14.9 Å². The second-order valence-corrected chi connectivity index (χ2v) is 3.40. The molecule has 1 aliphatic rings. The molecule has 1 N–H and O–H groups in total. The van der Waals surface area contributed by atoms with Crippen molar-refractivity contribution in [3.05, 3.63) is 22.7 Å². The minimum absolute atomic E-state index is 0.282. The molecule has 0 atom stereocenters. The van der Waals surface area contributed by atoms with Gasteiger partial charge in [-0.25, -0.2) is 14.8 Å². The van der Waals surface area contributed by atoms with E-state index in [0.717, 1.165) is 11.3 Å². The highest BCUT2D eigenvalue weighted by Gasteiger charge is 2.22. The van der Waals surface area contributed by atoms with Crippen molar-refractivity contribution in [3.8, 4) is 0 Å². The Hall–Kier alpha value is -1.36. The number of fused-ring (bicyclic) bond motifs is 1. The lowest BCUT2D eigenvalue weighted by molar-refractivity contribution is 0.139. The van der Waals surface area contributed by atoms with E-state index < -0.39 is 6.09 Å². The van der Waals surface area contributed by atoms with Crippen LogP contribution in [0, 0.1) is 0 Å². The van der Waals surface area contributed by atoms with E-state index in [1.54, 1.807) is 0 Å². The summed E-state index contributed by atoms with van der Waals surface area (Å²) in [5, 5.41) is 9.14. The molecule has 0 fully saturated rings. The highest BCUT2D eigenvalue weighted by Crippen LogP contribution is 2.22. The molecule has 2 heterocycles. The summed E-state index contributed by atoms with van der Waals surface area (Å²) in [6, 6.07) is 0. The first-order chi connectivity index (χ1) is 6.68. The van der Waals surface area contributed by atoms with Crippen molar-refractivity contribution in [2.24, 2.45) is 0 Å². The Balaban J connectivity index is 2.33. The molecule has 1 aromatic rings. The largest absolute Gasteiger partial charge is 0.465 e. The predicted octanol–water partition coefficient (Wildman–Crippen LogP) is 1.17. The third-order valence-electron chi connectivity index (χ3n) is 2.22. The van der Waals surface area contributed by atoms with Gasteiger partial charge < -0.3 is 10.0 Å². The molecule has 74 valence electrons. The maximum absolute atomic E-state index is 10.7.